The maximum absolute atomic E-state index is 14.8. The summed E-state index contributed by atoms with van der Waals surface area (Å²) in [5.41, 5.74) is 4.15. The molecule has 1 spiro atoms. The molecule has 10 fully saturated rings. The predicted molar refractivity (Wildman–Crippen MR) is 125 cm³/mol. The van der Waals surface area contributed by atoms with Crippen molar-refractivity contribution in [3.63, 3.8) is 0 Å². The van der Waals surface area contributed by atoms with Crippen LogP contribution in [0.15, 0.2) is 91.0 Å². The van der Waals surface area contributed by atoms with Crippen LogP contribution >= 0.6 is 0 Å². The quantitative estimate of drug-likeness (QED) is 0.265. The van der Waals surface area contributed by atoms with E-state index in [1.807, 2.05) is 0 Å². The molecule has 0 aliphatic carbocycles. The summed E-state index contributed by atoms with van der Waals surface area (Å²) in [5, 5.41) is 0. The number of fused-ring (bicyclic) bond motifs is 10. The molecule has 0 N–H and O–H groups in total. The van der Waals surface area contributed by atoms with Gasteiger partial charge in [0.1, 0.15) is 0 Å². The van der Waals surface area contributed by atoms with E-state index < -0.39 is 6.51 Å². The van der Waals surface area contributed by atoms with Gasteiger partial charge in [0.25, 0.3) is 0 Å². The van der Waals surface area contributed by atoms with Crippen LogP contribution in [0.4, 0.5) is 0 Å². The molecule has 13 rings (SSSR count). The van der Waals surface area contributed by atoms with Crippen LogP contribution in [0.2, 0.25) is 46.7 Å². The molecule has 9 atom stereocenters. The van der Waals surface area contributed by atoms with Gasteiger partial charge in [-0.1, -0.05) is 0 Å². The number of hydrogen-bond donors (Lipinski definition) is 0. The van der Waals surface area contributed by atoms with Crippen molar-refractivity contribution in [1.29, 1.82) is 0 Å². The number of carbonyl (C=O) groups is 1. The topological polar surface area (TPSA) is 17.1 Å². The molecule has 2 heteroatoms. The Balaban J connectivity index is 1.16. The van der Waals surface area contributed by atoms with Gasteiger partial charge in [-0.05, 0) is 0 Å². The normalized spacial score (nSPS) is 71.2. The number of carbonyl (C=O) groups excluding carboxylic acids is 1. The fourth-order valence-electron chi connectivity index (χ4n) is 22.1. The number of hydrogen-bond acceptors (Lipinski definition) is 1. The third kappa shape index (κ3) is 0.291. The Morgan fingerprint density at radius 3 is 1.73 bits per heavy atom. The van der Waals surface area contributed by atoms with Gasteiger partial charge in [-0.3, -0.25) is 0 Å². The van der Waals surface area contributed by atoms with Crippen LogP contribution in [0.1, 0.15) is 21.5 Å². The maximum atomic E-state index is 14.8. The minimum absolute atomic E-state index is 0.160. The van der Waals surface area contributed by atoms with Crippen molar-refractivity contribution in [2.75, 3.05) is 0 Å². The monoisotopic (exact) mass is 470 g/mol. The summed E-state index contributed by atoms with van der Waals surface area (Å²) < 4.78 is 1.27. The molecule has 3 aromatic rings. The van der Waals surface area contributed by atoms with Crippen molar-refractivity contribution in [3.05, 3.63) is 108 Å². The average molecular weight is 470 g/mol. The van der Waals surface area contributed by atoms with Gasteiger partial charge in [-0.15, -0.1) is 0 Å². The fraction of sp³-hybridized carbons (Fsp3) is 0.387. The standard InChI is InChI=1S/C19H15O.C12H11.Fe/c20-19(16-10-5-2-6-11-16)18-13-7-12-17(18)14-15-8-3-1-4-9-15;1-2-6-11(7-3-1)10-12-8-4-5-9-12;/h1-13H,14H2;1-9H,10H2;. The summed E-state index contributed by atoms with van der Waals surface area (Å²) in [4.78, 5) is 22.2. The van der Waals surface area contributed by atoms with Crippen molar-refractivity contribution < 1.29 is 11.3 Å². The Kier molecular flexibility index (Phi) is 0.917. The van der Waals surface area contributed by atoms with Gasteiger partial charge in [0.2, 0.25) is 0 Å². The first kappa shape index (κ1) is 15.0. The minimum atomic E-state index is -4.11. The molecule has 164 valence electrons. The van der Waals surface area contributed by atoms with Crippen molar-refractivity contribution >= 4 is 5.78 Å². The van der Waals surface area contributed by atoms with Crippen LogP contribution in [0.25, 0.3) is 0 Å². The summed E-state index contributed by atoms with van der Waals surface area (Å²) in [6, 6.07) is 33.4. The second kappa shape index (κ2) is 2.02. The van der Waals surface area contributed by atoms with Gasteiger partial charge in [0.15, 0.2) is 0 Å². The zero-order valence-electron chi connectivity index (χ0n) is 18.4. The molecule has 1 nitrogen and oxygen atoms in total. The summed E-state index contributed by atoms with van der Waals surface area (Å²) in [7, 11) is 0. The van der Waals surface area contributed by atoms with Gasteiger partial charge in [0.05, 0.1) is 0 Å². The first-order valence-electron chi connectivity index (χ1n) is 12.9. The van der Waals surface area contributed by atoms with Gasteiger partial charge in [0, 0.05) is 0 Å². The van der Waals surface area contributed by atoms with Crippen LogP contribution in [0.3, 0.4) is 0 Å². The second-order valence-corrected chi connectivity index (χ2v) is 38.3. The van der Waals surface area contributed by atoms with Crippen molar-refractivity contribution in [2.24, 2.45) is 0 Å². The third-order valence-corrected chi connectivity index (χ3v) is 63.9. The second-order valence-electron chi connectivity index (χ2n) is 15.2. The molecule has 0 saturated carbocycles. The van der Waals surface area contributed by atoms with Crippen LogP contribution in [0, 0.1) is 0 Å². The zero-order chi connectivity index (χ0) is 21.2. The third-order valence-electron chi connectivity index (χ3n) is 19.6. The molecule has 0 aromatic heterocycles. The van der Waals surface area contributed by atoms with Crippen molar-refractivity contribution in [3.8, 4) is 0 Å². The molecular formula is C31H26FeO. The molecule has 10 aliphatic heterocycles. The van der Waals surface area contributed by atoms with Crippen LogP contribution in [-0.4, -0.2) is 5.78 Å². The molecule has 0 radical (unpaired) electrons. The van der Waals surface area contributed by atoms with E-state index in [9.17, 15) is 4.79 Å². The summed E-state index contributed by atoms with van der Waals surface area (Å²) in [6.07, 6.45) is 2.57. The number of benzene rings is 3. The first-order chi connectivity index (χ1) is 16.0. The molecule has 10 aliphatic rings. The fourth-order valence-corrected chi connectivity index (χ4v) is 101. The van der Waals surface area contributed by atoms with Gasteiger partial charge in [-0.2, -0.15) is 0 Å². The SMILES string of the molecule is O=C(c1ccccc1)[C]12[CH]3[CH]4[CH]5[C]1(Cc1ccccc1)[Fe]45321678[CH]2[CH]1[CH]6[C]7(Cc1ccccc1)[CH]28. The van der Waals surface area contributed by atoms with E-state index in [0.29, 0.717) is 14.4 Å². The molecule has 0 amide bonds. The Labute approximate surface area is 183 Å². The molecular weight excluding hydrogens is 444 g/mol. The number of Topliss-reactive ketones (excluding diaryl/α,β-unsaturated/α-hetero) is 1. The van der Waals surface area contributed by atoms with E-state index >= 15 is 0 Å². The van der Waals surface area contributed by atoms with Gasteiger partial charge >= 0.3 is 184 Å². The van der Waals surface area contributed by atoms with Crippen LogP contribution in [0.5, 0.6) is 0 Å². The molecule has 9 unspecified atom stereocenters. The van der Waals surface area contributed by atoms with E-state index in [4.69, 9.17) is 0 Å². The van der Waals surface area contributed by atoms with Crippen molar-refractivity contribution in [1.82, 2.24) is 0 Å². The summed E-state index contributed by atoms with van der Waals surface area (Å²) in [5.74, 6) is 0.646. The van der Waals surface area contributed by atoms with Crippen LogP contribution in [-0.2, 0) is 19.4 Å². The Morgan fingerprint density at radius 2 is 1.18 bits per heavy atom. The first-order valence-corrected chi connectivity index (χ1v) is 19.0. The predicted octanol–water partition coefficient (Wildman–Crippen LogP) is 7.85. The van der Waals surface area contributed by atoms with E-state index in [-0.39, 0.29) is 4.31 Å². The molecule has 3 aromatic carbocycles. The van der Waals surface area contributed by atoms with Gasteiger partial charge in [-0.25, -0.2) is 0 Å². The van der Waals surface area contributed by atoms with E-state index in [1.54, 1.807) is 5.56 Å². The number of rotatable bonds is 6. The number of ketones is 1. The Morgan fingerprint density at radius 1 is 0.636 bits per heavy atom. The average Bonchev–Trinajstić information content (AvgIpc) is 3.82. The van der Waals surface area contributed by atoms with Gasteiger partial charge < -0.3 is 0 Å². The van der Waals surface area contributed by atoms with E-state index in [0.717, 1.165) is 39.3 Å². The molecule has 33 heavy (non-hydrogen) atoms. The molecule has 10 heterocycles. The summed E-state index contributed by atoms with van der Waals surface area (Å²) in [6.45, 7) is -4.11. The molecule has 10 saturated heterocycles. The van der Waals surface area contributed by atoms with E-state index in [2.05, 4.69) is 91.0 Å². The zero-order valence-corrected chi connectivity index (χ0v) is 19.5. The summed E-state index contributed by atoms with van der Waals surface area (Å²) >= 11 is 0. The molecule has 0 bridgehead atoms. The van der Waals surface area contributed by atoms with E-state index in [1.165, 1.54) is 18.4 Å². The Hall–Kier alpha value is -2.15. The van der Waals surface area contributed by atoms with Crippen molar-refractivity contribution in [2.45, 2.75) is 59.5 Å². The van der Waals surface area contributed by atoms with Crippen LogP contribution < -0.4 is 0 Å². The Bertz CT molecular complexity index is 1960.